The van der Waals surface area contributed by atoms with Crippen LogP contribution in [0.1, 0.15) is 25.7 Å². The minimum Gasteiger partial charge on any atom is -0.497 e. The molecule has 1 aliphatic carbocycles. The van der Waals surface area contributed by atoms with Crippen molar-refractivity contribution < 1.29 is 13.2 Å². The molecule has 0 amide bonds. The van der Waals surface area contributed by atoms with E-state index in [2.05, 4.69) is 20.7 Å². The van der Waals surface area contributed by atoms with Gasteiger partial charge in [-0.25, -0.2) is 13.1 Å². The maximum atomic E-state index is 12.5. The molecule has 0 heterocycles. The van der Waals surface area contributed by atoms with Crippen molar-refractivity contribution in [3.63, 3.8) is 0 Å². The van der Waals surface area contributed by atoms with Crippen molar-refractivity contribution in [2.24, 2.45) is 11.7 Å². The number of hydrogen-bond acceptors (Lipinski definition) is 4. The number of methoxy groups -OCH3 is 1. The number of halogens is 1. The Morgan fingerprint density at radius 2 is 2.05 bits per heavy atom. The quantitative estimate of drug-likeness (QED) is 0.797. The fourth-order valence-electron chi connectivity index (χ4n) is 2.77. The summed E-state index contributed by atoms with van der Waals surface area (Å²) in [4.78, 5) is 0.185. The zero-order valence-corrected chi connectivity index (χ0v) is 14.4. The zero-order chi connectivity index (χ0) is 15.5. The Hall–Kier alpha value is -0.630. The average Bonchev–Trinajstić information content (AvgIpc) is 2.98. The predicted molar refractivity (Wildman–Crippen MR) is 85.8 cm³/mol. The first kappa shape index (κ1) is 16.7. The van der Waals surface area contributed by atoms with Crippen LogP contribution in [0.4, 0.5) is 0 Å². The topological polar surface area (TPSA) is 81.4 Å². The second-order valence-corrected chi connectivity index (χ2v) is 7.96. The number of sulfonamides is 1. The van der Waals surface area contributed by atoms with E-state index in [1.165, 1.54) is 13.2 Å². The van der Waals surface area contributed by atoms with Gasteiger partial charge in [-0.2, -0.15) is 0 Å². The van der Waals surface area contributed by atoms with Gasteiger partial charge in [0.1, 0.15) is 5.75 Å². The van der Waals surface area contributed by atoms with E-state index in [9.17, 15) is 8.42 Å². The molecule has 0 bridgehead atoms. The molecule has 0 spiro atoms. The number of benzene rings is 1. The number of nitrogens with one attached hydrogen (secondary N) is 1. The molecule has 118 valence electrons. The molecular weight excluding hydrogens is 356 g/mol. The van der Waals surface area contributed by atoms with Gasteiger partial charge in [0, 0.05) is 23.1 Å². The first-order valence-electron chi connectivity index (χ1n) is 7.03. The molecule has 1 atom stereocenters. The maximum absolute atomic E-state index is 12.5. The third-order valence-electron chi connectivity index (χ3n) is 3.92. The lowest BCUT2D eigenvalue weighted by Gasteiger charge is -2.23. The fourth-order valence-corrected chi connectivity index (χ4v) is 4.77. The fraction of sp³-hybridized carbons (Fsp3) is 0.571. The summed E-state index contributed by atoms with van der Waals surface area (Å²) < 4.78 is 33.6. The van der Waals surface area contributed by atoms with Crippen LogP contribution < -0.4 is 15.2 Å². The molecule has 3 N–H and O–H groups in total. The van der Waals surface area contributed by atoms with Crippen molar-refractivity contribution in [3.8, 4) is 5.75 Å². The van der Waals surface area contributed by atoms with Gasteiger partial charge in [-0.15, -0.1) is 0 Å². The van der Waals surface area contributed by atoms with Crippen LogP contribution >= 0.6 is 15.9 Å². The Labute approximate surface area is 134 Å². The minimum atomic E-state index is -3.60. The summed E-state index contributed by atoms with van der Waals surface area (Å²) in [6.45, 7) is 0.315. The predicted octanol–water partition coefficient (Wildman–Crippen LogP) is 2.25. The van der Waals surface area contributed by atoms with E-state index in [0.717, 1.165) is 25.7 Å². The standard InChI is InChI=1S/C14H21BrN2O3S/c1-20-12-6-11(15)7-13(8-12)21(18,19)17-14(9-16)10-4-2-3-5-10/h6-8,10,14,17H,2-5,9,16H2,1H3. The van der Waals surface area contributed by atoms with Gasteiger partial charge in [0.2, 0.25) is 10.0 Å². The molecule has 2 rings (SSSR count). The smallest absolute Gasteiger partial charge is 0.241 e. The van der Waals surface area contributed by atoms with Crippen LogP contribution in [0.15, 0.2) is 27.6 Å². The second kappa shape index (κ2) is 7.09. The SMILES string of the molecule is COc1cc(Br)cc(S(=O)(=O)NC(CN)C2CCCC2)c1. The normalized spacial score (nSPS) is 17.9. The van der Waals surface area contributed by atoms with Crippen LogP contribution in [0.5, 0.6) is 5.75 Å². The van der Waals surface area contributed by atoms with E-state index in [4.69, 9.17) is 10.5 Å². The Bertz CT molecular complexity index is 586. The van der Waals surface area contributed by atoms with Crippen molar-refractivity contribution in [2.45, 2.75) is 36.6 Å². The zero-order valence-electron chi connectivity index (χ0n) is 12.0. The molecule has 0 aliphatic heterocycles. The van der Waals surface area contributed by atoms with E-state index in [1.54, 1.807) is 12.1 Å². The monoisotopic (exact) mass is 376 g/mol. The van der Waals surface area contributed by atoms with Crippen molar-refractivity contribution in [3.05, 3.63) is 22.7 Å². The van der Waals surface area contributed by atoms with Crippen molar-refractivity contribution in [1.82, 2.24) is 4.72 Å². The summed E-state index contributed by atoms with van der Waals surface area (Å²) in [6, 6.07) is 4.58. The highest BCUT2D eigenvalue weighted by Crippen LogP contribution is 2.29. The summed E-state index contributed by atoms with van der Waals surface area (Å²) in [7, 11) is -2.10. The summed E-state index contributed by atoms with van der Waals surface area (Å²) in [5.41, 5.74) is 5.76. The Morgan fingerprint density at radius 3 is 2.62 bits per heavy atom. The van der Waals surface area contributed by atoms with Crippen LogP contribution in [0.2, 0.25) is 0 Å². The Morgan fingerprint density at radius 1 is 1.38 bits per heavy atom. The van der Waals surface area contributed by atoms with Gasteiger partial charge in [0.15, 0.2) is 0 Å². The molecule has 1 aromatic carbocycles. The third kappa shape index (κ3) is 4.18. The number of nitrogens with two attached hydrogens (primary N) is 1. The number of rotatable bonds is 6. The molecule has 21 heavy (non-hydrogen) atoms. The Kier molecular flexibility index (Phi) is 5.65. The second-order valence-electron chi connectivity index (χ2n) is 5.33. The van der Waals surface area contributed by atoms with E-state index >= 15 is 0 Å². The summed E-state index contributed by atoms with van der Waals surface area (Å²) in [6.07, 6.45) is 4.36. The molecule has 1 saturated carbocycles. The van der Waals surface area contributed by atoms with Crippen molar-refractivity contribution >= 4 is 26.0 Å². The van der Waals surface area contributed by atoms with Crippen LogP contribution in [-0.2, 0) is 10.0 Å². The number of ether oxygens (including phenoxy) is 1. The van der Waals surface area contributed by atoms with Crippen molar-refractivity contribution in [1.29, 1.82) is 0 Å². The minimum absolute atomic E-state index is 0.185. The summed E-state index contributed by atoms with van der Waals surface area (Å²) in [5, 5.41) is 0. The lowest BCUT2D eigenvalue weighted by atomic mass is 9.99. The van der Waals surface area contributed by atoms with Crippen LogP contribution in [0.25, 0.3) is 0 Å². The van der Waals surface area contributed by atoms with Crippen LogP contribution in [0.3, 0.4) is 0 Å². The molecule has 1 fully saturated rings. The number of hydrogen-bond donors (Lipinski definition) is 2. The molecule has 0 aromatic heterocycles. The summed E-state index contributed by atoms with van der Waals surface area (Å²) >= 11 is 3.30. The molecule has 0 radical (unpaired) electrons. The highest BCUT2D eigenvalue weighted by atomic mass is 79.9. The maximum Gasteiger partial charge on any atom is 0.241 e. The van der Waals surface area contributed by atoms with Gasteiger partial charge < -0.3 is 10.5 Å². The van der Waals surface area contributed by atoms with Gasteiger partial charge in [-0.1, -0.05) is 28.8 Å². The molecule has 0 saturated heterocycles. The molecule has 1 aromatic rings. The van der Waals surface area contributed by atoms with Crippen LogP contribution in [0, 0.1) is 5.92 Å². The highest BCUT2D eigenvalue weighted by molar-refractivity contribution is 9.10. The van der Waals surface area contributed by atoms with Gasteiger partial charge in [-0.3, -0.25) is 0 Å². The van der Waals surface area contributed by atoms with Crippen molar-refractivity contribution in [2.75, 3.05) is 13.7 Å². The highest BCUT2D eigenvalue weighted by Gasteiger charge is 2.28. The first-order valence-corrected chi connectivity index (χ1v) is 9.31. The molecule has 7 heteroatoms. The third-order valence-corrected chi connectivity index (χ3v) is 5.85. The first-order chi connectivity index (χ1) is 9.96. The van der Waals surface area contributed by atoms with Gasteiger partial charge >= 0.3 is 0 Å². The molecular formula is C14H21BrN2O3S. The lowest BCUT2D eigenvalue weighted by molar-refractivity contribution is 0.404. The molecule has 5 nitrogen and oxygen atoms in total. The van der Waals surface area contributed by atoms with Gasteiger partial charge in [-0.05, 0) is 30.9 Å². The van der Waals surface area contributed by atoms with Gasteiger partial charge in [0.05, 0.1) is 12.0 Å². The van der Waals surface area contributed by atoms with E-state index in [-0.39, 0.29) is 10.9 Å². The van der Waals surface area contributed by atoms with Gasteiger partial charge in [0.25, 0.3) is 0 Å². The molecule has 1 unspecified atom stereocenters. The van der Waals surface area contributed by atoms with E-state index < -0.39 is 10.0 Å². The summed E-state index contributed by atoms with van der Waals surface area (Å²) in [5.74, 6) is 0.828. The van der Waals surface area contributed by atoms with E-state index in [1.807, 2.05) is 0 Å². The largest absolute Gasteiger partial charge is 0.497 e. The molecule has 1 aliphatic rings. The van der Waals surface area contributed by atoms with Crippen LogP contribution in [-0.4, -0.2) is 28.1 Å². The average molecular weight is 377 g/mol. The lowest BCUT2D eigenvalue weighted by Crippen LogP contribution is -2.44. The van der Waals surface area contributed by atoms with E-state index in [0.29, 0.717) is 22.7 Å². The Balaban J connectivity index is 2.22.